The Morgan fingerprint density at radius 1 is 1.47 bits per heavy atom. The lowest BCUT2D eigenvalue weighted by Crippen LogP contribution is -2.32. The Kier molecular flexibility index (Phi) is 1.88. The van der Waals surface area contributed by atoms with Crippen LogP contribution in [0.15, 0.2) is 18.5 Å². The van der Waals surface area contributed by atoms with Crippen LogP contribution in [0.25, 0.3) is 0 Å². The highest BCUT2D eigenvalue weighted by Gasteiger charge is 2.38. The summed E-state index contributed by atoms with van der Waals surface area (Å²) < 4.78 is 0. The summed E-state index contributed by atoms with van der Waals surface area (Å²) in [6.45, 7) is 1.12. The van der Waals surface area contributed by atoms with Crippen LogP contribution in [0.4, 0.5) is 5.69 Å². The lowest BCUT2D eigenvalue weighted by atomic mass is 10.1. The second-order valence-corrected chi connectivity index (χ2v) is 4.49. The smallest absolute Gasteiger partial charge is 0.101 e. The molecule has 0 aromatic carbocycles. The van der Waals surface area contributed by atoms with Gasteiger partial charge >= 0.3 is 0 Å². The van der Waals surface area contributed by atoms with Crippen molar-refractivity contribution in [2.45, 2.75) is 25.3 Å². The number of nitrogens with zero attached hydrogens (tertiary/aromatic N) is 3. The second-order valence-electron chi connectivity index (χ2n) is 4.49. The molecule has 1 aliphatic carbocycles. The number of aromatic nitrogens is 1. The minimum absolute atomic E-state index is 0.659. The molecule has 3 rings (SSSR count). The Bertz CT molecular complexity index is 421. The largest absolute Gasteiger partial charge is 0.366 e. The monoisotopic (exact) mass is 199 g/mol. The van der Waals surface area contributed by atoms with Crippen LogP contribution in [0, 0.1) is 17.2 Å². The van der Waals surface area contributed by atoms with E-state index < -0.39 is 0 Å². The Hall–Kier alpha value is -1.56. The maximum absolute atomic E-state index is 9.04. The summed E-state index contributed by atoms with van der Waals surface area (Å²) in [5.74, 6) is 0.849. The van der Waals surface area contributed by atoms with Crippen LogP contribution in [0.3, 0.4) is 0 Å². The molecular weight excluding hydrogens is 186 g/mol. The molecule has 2 atom stereocenters. The Morgan fingerprint density at radius 2 is 2.40 bits per heavy atom. The van der Waals surface area contributed by atoms with E-state index in [1.807, 2.05) is 6.20 Å². The molecule has 15 heavy (non-hydrogen) atoms. The van der Waals surface area contributed by atoms with Gasteiger partial charge in [-0.05, 0) is 31.2 Å². The number of hydrogen-bond donors (Lipinski definition) is 0. The van der Waals surface area contributed by atoms with E-state index >= 15 is 0 Å². The molecular formula is C12H13N3. The third-order valence-electron chi connectivity index (χ3n) is 3.64. The molecule has 3 heteroatoms. The molecule has 2 heterocycles. The molecule has 1 saturated carbocycles. The Balaban J connectivity index is 1.97. The van der Waals surface area contributed by atoms with Crippen LogP contribution >= 0.6 is 0 Å². The molecule has 2 aliphatic rings. The van der Waals surface area contributed by atoms with E-state index in [0.29, 0.717) is 6.04 Å². The molecule has 2 fully saturated rings. The van der Waals surface area contributed by atoms with Gasteiger partial charge in [-0.15, -0.1) is 0 Å². The van der Waals surface area contributed by atoms with Gasteiger partial charge in [-0.25, -0.2) is 0 Å². The number of fused-ring (bicyclic) bond motifs is 2. The number of nitriles is 1. The van der Waals surface area contributed by atoms with Gasteiger partial charge < -0.3 is 4.90 Å². The first-order valence-corrected chi connectivity index (χ1v) is 5.49. The lowest BCUT2D eigenvalue weighted by molar-refractivity contribution is 0.553. The lowest BCUT2D eigenvalue weighted by Gasteiger charge is -2.29. The van der Waals surface area contributed by atoms with Crippen molar-refractivity contribution in [3.8, 4) is 6.07 Å². The van der Waals surface area contributed by atoms with E-state index in [2.05, 4.69) is 16.0 Å². The Labute approximate surface area is 89.3 Å². The topological polar surface area (TPSA) is 39.9 Å². The third kappa shape index (κ3) is 1.29. The van der Waals surface area contributed by atoms with Gasteiger partial charge in [0.2, 0.25) is 0 Å². The summed E-state index contributed by atoms with van der Waals surface area (Å²) in [6.07, 6.45) is 7.48. The van der Waals surface area contributed by atoms with Crippen molar-refractivity contribution in [2.75, 3.05) is 11.4 Å². The highest BCUT2D eigenvalue weighted by molar-refractivity contribution is 5.59. The zero-order valence-electron chi connectivity index (χ0n) is 8.56. The van der Waals surface area contributed by atoms with Crippen LogP contribution in [0.2, 0.25) is 0 Å². The van der Waals surface area contributed by atoms with Crippen molar-refractivity contribution in [1.29, 1.82) is 5.26 Å². The Morgan fingerprint density at radius 3 is 3.07 bits per heavy atom. The van der Waals surface area contributed by atoms with Crippen LogP contribution in [0.1, 0.15) is 24.8 Å². The zero-order chi connectivity index (χ0) is 10.3. The average molecular weight is 199 g/mol. The number of hydrogen-bond acceptors (Lipinski definition) is 3. The fraction of sp³-hybridized carbons (Fsp3) is 0.500. The molecule has 0 spiro atoms. The summed E-state index contributed by atoms with van der Waals surface area (Å²) in [5.41, 5.74) is 1.80. The number of piperidine rings is 1. The molecule has 0 radical (unpaired) electrons. The third-order valence-corrected chi connectivity index (χ3v) is 3.64. The minimum atomic E-state index is 0.659. The van der Waals surface area contributed by atoms with Crippen LogP contribution < -0.4 is 4.90 Å². The molecule has 1 aromatic rings. The molecule has 1 saturated heterocycles. The molecule has 3 nitrogen and oxygen atoms in total. The summed E-state index contributed by atoms with van der Waals surface area (Å²) >= 11 is 0. The van der Waals surface area contributed by atoms with E-state index in [4.69, 9.17) is 5.26 Å². The first-order chi connectivity index (χ1) is 7.38. The van der Waals surface area contributed by atoms with Gasteiger partial charge in [0.05, 0.1) is 17.4 Å². The second kappa shape index (κ2) is 3.23. The summed E-state index contributed by atoms with van der Waals surface area (Å²) in [5, 5.41) is 9.04. The zero-order valence-corrected chi connectivity index (χ0v) is 8.56. The van der Waals surface area contributed by atoms with Gasteiger partial charge in [-0.2, -0.15) is 5.26 Å². The predicted molar refractivity (Wildman–Crippen MR) is 57.4 cm³/mol. The quantitative estimate of drug-likeness (QED) is 0.694. The first kappa shape index (κ1) is 8.72. The number of rotatable bonds is 1. The van der Waals surface area contributed by atoms with Crippen LogP contribution in [0.5, 0.6) is 0 Å². The minimum Gasteiger partial charge on any atom is -0.366 e. The van der Waals surface area contributed by atoms with Crippen molar-refractivity contribution in [2.24, 2.45) is 5.92 Å². The first-order valence-electron chi connectivity index (χ1n) is 5.49. The number of pyridine rings is 1. The van der Waals surface area contributed by atoms with Crippen molar-refractivity contribution >= 4 is 5.69 Å². The molecule has 1 aromatic heterocycles. The predicted octanol–water partition coefficient (Wildman–Crippen LogP) is 1.94. The van der Waals surface area contributed by atoms with Gasteiger partial charge in [0.15, 0.2) is 0 Å². The average Bonchev–Trinajstić information content (AvgIpc) is 2.90. The SMILES string of the molecule is N#Cc1ccncc1N1CC2CCC1C2. The molecule has 1 aliphatic heterocycles. The molecule has 0 amide bonds. The van der Waals surface area contributed by atoms with Gasteiger partial charge in [0.25, 0.3) is 0 Å². The van der Waals surface area contributed by atoms with Gasteiger partial charge in [0, 0.05) is 18.8 Å². The van der Waals surface area contributed by atoms with E-state index in [1.165, 1.54) is 19.3 Å². The van der Waals surface area contributed by atoms with E-state index in [-0.39, 0.29) is 0 Å². The summed E-state index contributed by atoms with van der Waals surface area (Å²) in [4.78, 5) is 6.50. The van der Waals surface area contributed by atoms with Gasteiger partial charge in [-0.1, -0.05) is 0 Å². The fourth-order valence-electron chi connectivity index (χ4n) is 2.93. The van der Waals surface area contributed by atoms with E-state index in [0.717, 1.165) is 23.7 Å². The molecule has 0 N–H and O–H groups in total. The van der Waals surface area contributed by atoms with Crippen LogP contribution in [-0.2, 0) is 0 Å². The normalized spacial score (nSPS) is 28.1. The van der Waals surface area contributed by atoms with Crippen molar-refractivity contribution < 1.29 is 0 Å². The standard InChI is InChI=1S/C12H13N3/c13-6-10-3-4-14-7-12(10)15-8-9-1-2-11(15)5-9/h3-4,7,9,11H,1-2,5,8H2. The highest BCUT2D eigenvalue weighted by atomic mass is 15.2. The van der Waals surface area contributed by atoms with Crippen molar-refractivity contribution in [3.63, 3.8) is 0 Å². The molecule has 2 unspecified atom stereocenters. The fourth-order valence-corrected chi connectivity index (χ4v) is 2.93. The van der Waals surface area contributed by atoms with Crippen molar-refractivity contribution in [1.82, 2.24) is 4.98 Å². The number of anilines is 1. The van der Waals surface area contributed by atoms with Crippen molar-refractivity contribution in [3.05, 3.63) is 24.0 Å². The summed E-state index contributed by atoms with van der Waals surface area (Å²) in [7, 11) is 0. The molecule has 2 bridgehead atoms. The maximum Gasteiger partial charge on any atom is 0.101 e. The van der Waals surface area contributed by atoms with E-state index in [9.17, 15) is 0 Å². The van der Waals surface area contributed by atoms with Gasteiger partial charge in [0.1, 0.15) is 6.07 Å². The van der Waals surface area contributed by atoms with E-state index in [1.54, 1.807) is 12.3 Å². The van der Waals surface area contributed by atoms with Gasteiger partial charge in [-0.3, -0.25) is 4.98 Å². The van der Waals surface area contributed by atoms with Crippen LogP contribution in [-0.4, -0.2) is 17.6 Å². The highest BCUT2D eigenvalue weighted by Crippen LogP contribution is 2.40. The molecule has 76 valence electrons. The maximum atomic E-state index is 9.04. The summed E-state index contributed by atoms with van der Waals surface area (Å²) in [6, 6.07) is 4.72.